The third-order valence-corrected chi connectivity index (χ3v) is 12.9. The summed E-state index contributed by atoms with van der Waals surface area (Å²) in [4.78, 5) is 51.1. The number of carbonyl (C=O) groups is 3. The van der Waals surface area contributed by atoms with E-state index in [4.69, 9.17) is 23.8 Å². The first-order valence-corrected chi connectivity index (χ1v) is 24.8. The Hall–Kier alpha value is -6.83. The van der Waals surface area contributed by atoms with Gasteiger partial charge in [-0.1, -0.05) is 60.7 Å². The molecule has 0 radical (unpaired) electrons. The van der Waals surface area contributed by atoms with Crippen molar-refractivity contribution in [3.63, 3.8) is 0 Å². The van der Waals surface area contributed by atoms with Crippen molar-refractivity contribution in [2.45, 2.75) is 76.3 Å². The van der Waals surface area contributed by atoms with Crippen molar-refractivity contribution >= 4 is 60.1 Å². The van der Waals surface area contributed by atoms with Crippen LogP contribution >= 0.6 is 0 Å². The minimum Gasteiger partial charge on any atom is -0.497 e. The van der Waals surface area contributed by atoms with Crippen LogP contribution in [0.15, 0.2) is 122 Å². The predicted molar refractivity (Wildman–Crippen MR) is 255 cm³/mol. The molecule has 19 heteroatoms. The Morgan fingerprint density at radius 2 is 1.04 bits per heavy atom. The fraction of sp³-hybridized carbons (Fsp3) is 0.327. The van der Waals surface area contributed by atoms with Crippen LogP contribution in [-0.4, -0.2) is 97.7 Å². The number of rotatable bonds is 15. The number of ether oxygens (including phenoxy) is 4. The number of aromatic nitrogens is 2. The number of hydrogen-bond donors (Lipinski definition) is 1. The van der Waals surface area contributed by atoms with E-state index in [1.54, 1.807) is 102 Å². The molecule has 0 aliphatic rings. The average Bonchev–Trinajstić information content (AvgIpc) is 3.28. The number of pyridine rings is 2. The number of benzene rings is 4. The Bertz CT molecular complexity index is 2900. The number of sulfone groups is 2. The highest BCUT2D eigenvalue weighted by Crippen LogP contribution is 2.30. The molecular weight excluding hydrogens is 917 g/mol. The molecule has 0 saturated carbocycles. The number of methoxy groups -OCH3 is 2. The smallest absolute Gasteiger partial charge is 0.497 e. The van der Waals surface area contributed by atoms with Crippen LogP contribution in [0, 0.1) is 0 Å². The summed E-state index contributed by atoms with van der Waals surface area (Å²) in [6, 6.07) is 28.9. The zero-order valence-corrected chi connectivity index (χ0v) is 40.7. The molecule has 362 valence electrons. The van der Waals surface area contributed by atoms with E-state index in [0.29, 0.717) is 43.9 Å². The quantitative estimate of drug-likeness (QED) is 0.0440. The van der Waals surface area contributed by atoms with Crippen molar-refractivity contribution in [2.75, 3.05) is 25.7 Å². The molecule has 2 aromatic heterocycles. The fourth-order valence-corrected chi connectivity index (χ4v) is 9.93. The molecule has 0 saturated heterocycles. The van der Waals surface area contributed by atoms with Crippen molar-refractivity contribution in [2.24, 2.45) is 0 Å². The third kappa shape index (κ3) is 15.6. The molecular formula is C49H56N4O13S2. The minimum absolute atomic E-state index is 0.196. The average molecular weight is 973 g/mol. The molecule has 0 aliphatic heterocycles. The molecule has 0 unspecified atom stereocenters. The Morgan fingerprint density at radius 1 is 0.632 bits per heavy atom. The summed E-state index contributed by atoms with van der Waals surface area (Å²) >= 11 is 0. The van der Waals surface area contributed by atoms with E-state index in [2.05, 4.69) is 9.97 Å². The summed E-state index contributed by atoms with van der Waals surface area (Å²) in [5.74, 6) is -0.515. The fourth-order valence-electron chi connectivity index (χ4n) is 6.73. The van der Waals surface area contributed by atoms with E-state index in [9.17, 15) is 36.4 Å². The van der Waals surface area contributed by atoms with Crippen molar-refractivity contribution in [1.29, 1.82) is 0 Å². The van der Waals surface area contributed by atoms with Crippen LogP contribution in [-0.2, 0) is 50.3 Å². The lowest BCUT2D eigenvalue weighted by Gasteiger charge is -2.32. The predicted octanol–water partition coefficient (Wildman–Crippen LogP) is 8.75. The van der Waals surface area contributed by atoms with Gasteiger partial charge >= 0.3 is 12.2 Å². The maximum atomic E-state index is 13.6. The maximum absolute atomic E-state index is 13.6. The summed E-state index contributed by atoms with van der Waals surface area (Å²) in [7, 11) is -4.56. The highest BCUT2D eigenvalue weighted by atomic mass is 32.2. The SMILES string of the molecule is COc1ccc([C@@H](CS(=O)(=O)Cc2cnc3ccccc3c2)N(O)C=O)cc1.COc1ccc([C@@H](CS(=O)(=O)Cc2cnc3ccccc3c2)N(OC(=O)OC(C)(C)C)C(=O)OC(C)(C)C)cc1. The van der Waals surface area contributed by atoms with E-state index in [-0.39, 0.29) is 17.9 Å². The van der Waals surface area contributed by atoms with Crippen LogP contribution in [0.2, 0.25) is 0 Å². The zero-order chi connectivity index (χ0) is 49.9. The van der Waals surface area contributed by atoms with Crippen LogP contribution in [0.25, 0.3) is 21.8 Å². The van der Waals surface area contributed by atoms with Crippen LogP contribution in [0.3, 0.4) is 0 Å². The summed E-state index contributed by atoms with van der Waals surface area (Å²) in [6.07, 6.45) is 0.987. The van der Waals surface area contributed by atoms with Gasteiger partial charge in [0.25, 0.3) is 0 Å². The highest BCUT2D eigenvalue weighted by Gasteiger charge is 2.38. The summed E-state index contributed by atoms with van der Waals surface area (Å²) in [6.45, 7) is 9.83. The Morgan fingerprint density at radius 3 is 1.46 bits per heavy atom. The third-order valence-electron chi connectivity index (χ3n) is 9.74. The van der Waals surface area contributed by atoms with Gasteiger partial charge in [-0.3, -0.25) is 24.8 Å². The van der Waals surface area contributed by atoms with Crippen molar-refractivity contribution in [3.05, 3.63) is 144 Å². The van der Waals surface area contributed by atoms with Gasteiger partial charge in [0.2, 0.25) is 6.41 Å². The van der Waals surface area contributed by atoms with E-state index < -0.39 is 66.7 Å². The lowest BCUT2D eigenvalue weighted by Crippen LogP contribution is -2.44. The Labute approximate surface area is 396 Å². The van der Waals surface area contributed by atoms with E-state index in [1.807, 2.05) is 48.5 Å². The molecule has 0 spiro atoms. The second-order valence-electron chi connectivity index (χ2n) is 17.6. The van der Waals surface area contributed by atoms with Gasteiger partial charge in [0.05, 0.1) is 54.3 Å². The number of amides is 2. The molecule has 4 aromatic carbocycles. The molecule has 2 heterocycles. The molecule has 6 rings (SSSR count). The van der Waals surface area contributed by atoms with Gasteiger partial charge in [-0.15, -0.1) is 5.06 Å². The number of hydroxylamine groups is 4. The van der Waals surface area contributed by atoms with Gasteiger partial charge in [-0.05, 0) is 112 Å². The molecule has 2 amide bonds. The standard InChI is InChI=1S/C29H36N2O8S.C20H20N2O5S/c1-28(2,3)37-26(32)31(39-27(33)38-29(4,5)6)25(21-12-14-23(36-7)15-13-21)19-40(34,35)18-20-16-22-10-8-9-11-24(22)30-17-20;1-27-18-8-6-16(7-9-18)20(22(24)14-23)13-28(25,26)12-15-10-17-4-2-3-5-19(17)21-11-15/h8-17,25H,18-19H2,1-7H3;2-11,14,20,24H,12-13H2,1H3/t25-;20-/m11/s1. The molecule has 68 heavy (non-hydrogen) atoms. The van der Waals surface area contributed by atoms with Crippen molar-refractivity contribution in [3.8, 4) is 11.5 Å². The Kier molecular flexibility index (Phi) is 17.1. The van der Waals surface area contributed by atoms with Crippen molar-refractivity contribution in [1.82, 2.24) is 20.1 Å². The summed E-state index contributed by atoms with van der Waals surface area (Å²) < 4.78 is 73.7. The van der Waals surface area contributed by atoms with E-state index in [0.717, 1.165) is 21.8 Å². The lowest BCUT2D eigenvalue weighted by molar-refractivity contribution is -0.158. The zero-order valence-electron chi connectivity index (χ0n) is 39.1. The molecule has 0 fully saturated rings. The van der Waals surface area contributed by atoms with Crippen LogP contribution in [0.4, 0.5) is 9.59 Å². The normalized spacial score (nSPS) is 12.7. The maximum Gasteiger partial charge on any atom is 0.534 e. The van der Waals surface area contributed by atoms with Crippen LogP contribution < -0.4 is 9.47 Å². The first-order chi connectivity index (χ1) is 32.0. The van der Waals surface area contributed by atoms with E-state index in [1.165, 1.54) is 26.6 Å². The number of fused-ring (bicyclic) bond motifs is 2. The lowest BCUT2D eigenvalue weighted by atomic mass is 10.1. The second kappa shape index (κ2) is 22.3. The van der Waals surface area contributed by atoms with Gasteiger partial charge < -0.3 is 18.9 Å². The topological polar surface area (TPSA) is 218 Å². The summed E-state index contributed by atoms with van der Waals surface area (Å²) in [5.41, 5.74) is 1.50. The minimum atomic E-state index is -3.91. The number of hydrogen-bond acceptors (Lipinski definition) is 15. The first kappa shape index (κ1) is 52.1. The van der Waals surface area contributed by atoms with Crippen molar-refractivity contribution < 1.29 is 60.2 Å². The number of carbonyl (C=O) groups excluding carboxylic acids is 3. The monoisotopic (exact) mass is 972 g/mol. The molecule has 2 atom stereocenters. The highest BCUT2D eigenvalue weighted by molar-refractivity contribution is 7.90. The largest absolute Gasteiger partial charge is 0.534 e. The summed E-state index contributed by atoms with van der Waals surface area (Å²) in [5, 5.41) is 12.6. The first-order valence-electron chi connectivity index (χ1n) is 21.2. The number of para-hydroxylation sites is 2. The molecule has 17 nitrogen and oxygen atoms in total. The van der Waals surface area contributed by atoms with Gasteiger partial charge in [-0.2, -0.15) is 0 Å². The Balaban J connectivity index is 0.000000270. The molecule has 0 aliphatic carbocycles. The van der Waals surface area contributed by atoms with Crippen LogP contribution in [0.5, 0.6) is 11.5 Å². The molecule has 1 N–H and O–H groups in total. The van der Waals surface area contributed by atoms with E-state index >= 15 is 0 Å². The van der Waals surface area contributed by atoms with Gasteiger partial charge in [-0.25, -0.2) is 31.5 Å². The van der Waals surface area contributed by atoms with Gasteiger partial charge in [0, 0.05) is 23.2 Å². The number of nitrogens with zero attached hydrogens (tertiary/aromatic N) is 4. The van der Waals surface area contributed by atoms with Gasteiger partial charge in [0.1, 0.15) is 28.7 Å². The van der Waals surface area contributed by atoms with Gasteiger partial charge in [0.15, 0.2) is 19.7 Å². The molecule has 0 bridgehead atoms. The second-order valence-corrected chi connectivity index (χ2v) is 21.8. The molecule has 6 aromatic rings. The van der Waals surface area contributed by atoms with Crippen LogP contribution in [0.1, 0.15) is 75.9 Å².